The maximum Gasteiger partial charge on any atom is 0.418 e. The first-order chi connectivity index (χ1) is 12.8. The molecule has 1 aromatic carbocycles. The van der Waals surface area contributed by atoms with Crippen molar-refractivity contribution in [2.24, 2.45) is 0 Å². The number of imidazole rings is 1. The third-order valence-corrected chi connectivity index (χ3v) is 4.50. The van der Waals surface area contributed by atoms with Gasteiger partial charge in [-0.05, 0) is 18.2 Å². The molecule has 0 aliphatic rings. The van der Waals surface area contributed by atoms with Gasteiger partial charge in [0.15, 0.2) is 5.16 Å². The number of halogens is 3. The number of non-ortho nitro benzene ring substituents is 1. The van der Waals surface area contributed by atoms with Crippen LogP contribution in [0.1, 0.15) is 5.56 Å². The van der Waals surface area contributed by atoms with Crippen molar-refractivity contribution in [3.05, 3.63) is 64.5 Å². The highest BCUT2D eigenvalue weighted by molar-refractivity contribution is 7.99. The summed E-state index contributed by atoms with van der Waals surface area (Å²) < 4.78 is 41.1. The third-order valence-electron chi connectivity index (χ3n) is 3.53. The number of nitrogens with zero attached hydrogens (tertiary/aromatic N) is 3. The Bertz CT molecular complexity index is 1020. The normalized spacial score (nSPS) is 11.5. The van der Waals surface area contributed by atoms with Crippen molar-refractivity contribution in [3.63, 3.8) is 0 Å². The lowest BCUT2D eigenvalue weighted by Gasteiger charge is -2.13. The number of pyridine rings is 1. The Balaban J connectivity index is 1.75. The number of nitro groups is 1. The number of benzene rings is 1. The van der Waals surface area contributed by atoms with Gasteiger partial charge < -0.3 is 5.32 Å². The molecular weight excluding hydrogens is 385 g/mol. The molecule has 3 aromatic rings. The number of nitrogens with one attached hydrogen (secondary N) is 1. The van der Waals surface area contributed by atoms with E-state index in [1.807, 2.05) is 12.1 Å². The molecular formula is C16H11F3N4O3S. The number of alkyl halides is 3. The topological polar surface area (TPSA) is 89.5 Å². The van der Waals surface area contributed by atoms with Crippen LogP contribution in [0.2, 0.25) is 0 Å². The Labute approximate surface area is 154 Å². The maximum atomic E-state index is 13.1. The summed E-state index contributed by atoms with van der Waals surface area (Å²) in [4.78, 5) is 26.0. The highest BCUT2D eigenvalue weighted by atomic mass is 32.2. The van der Waals surface area contributed by atoms with Gasteiger partial charge in [-0.2, -0.15) is 13.2 Å². The van der Waals surface area contributed by atoms with Crippen molar-refractivity contribution < 1.29 is 22.9 Å². The Hall–Kier alpha value is -3.08. The number of amides is 1. The number of hydrogen-bond acceptors (Lipinski definition) is 5. The molecule has 0 unspecified atom stereocenters. The van der Waals surface area contributed by atoms with E-state index >= 15 is 0 Å². The molecule has 0 spiro atoms. The van der Waals surface area contributed by atoms with Gasteiger partial charge in [-0.25, -0.2) is 4.98 Å². The number of nitro benzene ring substituents is 1. The number of carbonyl (C=O) groups is 1. The van der Waals surface area contributed by atoms with E-state index < -0.39 is 33.9 Å². The Morgan fingerprint density at radius 3 is 2.78 bits per heavy atom. The molecule has 1 N–H and O–H groups in total. The number of thioether (sulfide) groups is 1. The van der Waals surface area contributed by atoms with Gasteiger partial charge in [-0.3, -0.25) is 19.3 Å². The van der Waals surface area contributed by atoms with Crippen LogP contribution in [0.5, 0.6) is 0 Å². The average Bonchev–Trinajstić information content (AvgIpc) is 3.02. The lowest BCUT2D eigenvalue weighted by atomic mass is 10.1. The molecule has 0 aliphatic carbocycles. The van der Waals surface area contributed by atoms with Crippen molar-refractivity contribution >= 4 is 34.6 Å². The minimum atomic E-state index is -4.85. The lowest BCUT2D eigenvalue weighted by Crippen LogP contribution is -2.18. The molecule has 0 aliphatic heterocycles. The predicted molar refractivity (Wildman–Crippen MR) is 92.6 cm³/mol. The van der Waals surface area contributed by atoms with Gasteiger partial charge in [-0.15, -0.1) is 0 Å². The molecule has 0 saturated heterocycles. The van der Waals surface area contributed by atoms with Gasteiger partial charge in [0.2, 0.25) is 5.91 Å². The second kappa shape index (κ2) is 7.27. The van der Waals surface area contributed by atoms with Crippen LogP contribution in [-0.4, -0.2) is 26.0 Å². The fraction of sp³-hybridized carbons (Fsp3) is 0.125. The molecule has 0 bridgehead atoms. The molecule has 0 fully saturated rings. The van der Waals surface area contributed by atoms with Gasteiger partial charge in [0.1, 0.15) is 0 Å². The summed E-state index contributed by atoms with van der Waals surface area (Å²) in [6, 6.07) is 7.60. The first-order valence-corrected chi connectivity index (χ1v) is 8.44. The second-order valence-corrected chi connectivity index (χ2v) is 6.30. The summed E-state index contributed by atoms with van der Waals surface area (Å²) in [5.74, 6) is -0.866. The molecule has 2 heterocycles. The molecule has 140 valence electrons. The average molecular weight is 396 g/mol. The Kier molecular flexibility index (Phi) is 5.04. The number of aromatic nitrogens is 2. The summed E-state index contributed by atoms with van der Waals surface area (Å²) >= 11 is 1.06. The first-order valence-electron chi connectivity index (χ1n) is 7.46. The van der Waals surface area contributed by atoms with Crippen LogP contribution < -0.4 is 5.32 Å². The van der Waals surface area contributed by atoms with Crippen LogP contribution in [0.15, 0.2) is 53.9 Å². The van der Waals surface area contributed by atoms with E-state index in [9.17, 15) is 28.1 Å². The number of fused-ring (bicyclic) bond motifs is 1. The molecule has 0 radical (unpaired) electrons. The number of anilines is 1. The van der Waals surface area contributed by atoms with Gasteiger partial charge in [0.25, 0.3) is 5.69 Å². The smallest absolute Gasteiger partial charge is 0.325 e. The second-order valence-electron chi connectivity index (χ2n) is 5.36. The van der Waals surface area contributed by atoms with Crippen molar-refractivity contribution in [2.75, 3.05) is 11.1 Å². The summed E-state index contributed by atoms with van der Waals surface area (Å²) in [5.41, 5.74) is -1.71. The van der Waals surface area contributed by atoms with Gasteiger partial charge in [0, 0.05) is 18.3 Å². The largest absolute Gasteiger partial charge is 0.418 e. The predicted octanol–water partition coefficient (Wildman–Crippen LogP) is 3.99. The molecule has 0 saturated carbocycles. The molecule has 0 atom stereocenters. The highest BCUT2D eigenvalue weighted by Crippen LogP contribution is 2.37. The standard InChI is InChI=1S/C16H11F3N4O3S/c17-16(18,19)12-7-10(23(25)26)4-5-13(12)21-14(24)9-27-15-20-8-11-3-1-2-6-22(11)15/h1-8H,9H2,(H,21,24). The fourth-order valence-corrected chi connectivity index (χ4v) is 3.10. The lowest BCUT2D eigenvalue weighted by molar-refractivity contribution is -0.385. The van der Waals surface area contributed by atoms with Gasteiger partial charge in [0.05, 0.1) is 33.6 Å². The summed E-state index contributed by atoms with van der Waals surface area (Å²) in [6.07, 6.45) is -1.49. The molecule has 2 aromatic heterocycles. The zero-order valence-electron chi connectivity index (χ0n) is 13.4. The maximum absolute atomic E-state index is 13.1. The summed E-state index contributed by atoms with van der Waals surface area (Å²) in [5, 5.41) is 13.4. The number of rotatable bonds is 5. The third kappa shape index (κ3) is 4.19. The quantitative estimate of drug-likeness (QED) is 0.400. The number of hydrogen-bond donors (Lipinski definition) is 1. The van der Waals surface area contributed by atoms with E-state index in [4.69, 9.17) is 0 Å². The first kappa shape index (κ1) is 18.7. The SMILES string of the molecule is O=C(CSc1ncc2ccccn12)Nc1ccc([N+](=O)[O-])cc1C(F)(F)F. The molecule has 11 heteroatoms. The highest BCUT2D eigenvalue weighted by Gasteiger charge is 2.35. The van der Waals surface area contributed by atoms with Crippen LogP contribution in [0.25, 0.3) is 5.52 Å². The monoisotopic (exact) mass is 396 g/mol. The molecule has 3 rings (SSSR count). The van der Waals surface area contributed by atoms with Crippen LogP contribution >= 0.6 is 11.8 Å². The zero-order valence-corrected chi connectivity index (χ0v) is 14.3. The van der Waals surface area contributed by atoms with E-state index in [0.29, 0.717) is 11.2 Å². The minimum Gasteiger partial charge on any atom is -0.325 e. The molecule has 7 nitrogen and oxygen atoms in total. The van der Waals surface area contributed by atoms with Crippen molar-refractivity contribution in [2.45, 2.75) is 11.3 Å². The minimum absolute atomic E-state index is 0.178. The zero-order chi connectivity index (χ0) is 19.6. The summed E-state index contributed by atoms with van der Waals surface area (Å²) in [7, 11) is 0. The van der Waals surface area contributed by atoms with Crippen LogP contribution in [0, 0.1) is 10.1 Å². The van der Waals surface area contributed by atoms with Gasteiger partial charge in [-0.1, -0.05) is 17.8 Å². The Morgan fingerprint density at radius 1 is 1.30 bits per heavy atom. The van der Waals surface area contributed by atoms with Crippen molar-refractivity contribution in [3.8, 4) is 0 Å². The summed E-state index contributed by atoms with van der Waals surface area (Å²) in [6.45, 7) is 0. The van der Waals surface area contributed by atoms with Crippen LogP contribution in [0.3, 0.4) is 0 Å². The van der Waals surface area contributed by atoms with Crippen molar-refractivity contribution in [1.82, 2.24) is 9.38 Å². The van der Waals surface area contributed by atoms with Crippen LogP contribution in [0.4, 0.5) is 24.5 Å². The molecule has 27 heavy (non-hydrogen) atoms. The van der Waals surface area contributed by atoms with E-state index in [0.717, 1.165) is 29.4 Å². The van der Waals surface area contributed by atoms with Crippen molar-refractivity contribution in [1.29, 1.82) is 0 Å². The van der Waals surface area contributed by atoms with Crippen LogP contribution in [-0.2, 0) is 11.0 Å². The van der Waals surface area contributed by atoms with Gasteiger partial charge >= 0.3 is 6.18 Å². The fourth-order valence-electron chi connectivity index (χ4n) is 2.33. The Morgan fingerprint density at radius 2 is 2.07 bits per heavy atom. The van der Waals surface area contributed by atoms with E-state index in [1.54, 1.807) is 22.9 Å². The van der Waals surface area contributed by atoms with E-state index in [-0.39, 0.29) is 5.75 Å². The number of carbonyl (C=O) groups excluding carboxylic acids is 1. The molecule has 1 amide bonds. The van der Waals surface area contributed by atoms with E-state index in [1.165, 1.54) is 0 Å². The van der Waals surface area contributed by atoms with E-state index in [2.05, 4.69) is 10.3 Å².